The maximum Gasteiger partial charge on any atom is 0.0521 e. The fourth-order valence-corrected chi connectivity index (χ4v) is 1.66. The van der Waals surface area contributed by atoms with Crippen molar-refractivity contribution in [3.05, 3.63) is 77.8 Å². The number of hydrogen-bond acceptors (Lipinski definition) is 1. The average molecular weight is 210 g/mol. The minimum absolute atomic E-state index is 0.872. The molecule has 0 saturated carbocycles. The van der Waals surface area contributed by atoms with Crippen molar-refractivity contribution < 1.29 is 0 Å². The highest BCUT2D eigenvalue weighted by Crippen LogP contribution is 2.05. The van der Waals surface area contributed by atoms with Crippen LogP contribution in [-0.2, 0) is 6.54 Å². The second-order valence-electron chi connectivity index (χ2n) is 3.92. The monoisotopic (exact) mass is 210 g/mol. The zero-order valence-electron chi connectivity index (χ0n) is 9.48. The van der Waals surface area contributed by atoms with E-state index in [1.165, 1.54) is 16.7 Å². The van der Waals surface area contributed by atoms with Crippen LogP contribution < -0.4 is 5.32 Å². The predicted octanol–water partition coefficient (Wildman–Crippen LogP) is 3.29. The lowest BCUT2D eigenvalue weighted by molar-refractivity contribution is 0.818. The molecule has 0 aliphatic carbocycles. The first-order chi connectivity index (χ1) is 7.84. The first-order valence-electron chi connectivity index (χ1n) is 5.52. The minimum atomic E-state index is 0.872. The topological polar surface area (TPSA) is 12.0 Å². The van der Waals surface area contributed by atoms with Gasteiger partial charge >= 0.3 is 0 Å². The second-order valence-corrected chi connectivity index (χ2v) is 3.92. The van der Waals surface area contributed by atoms with E-state index in [1.54, 1.807) is 0 Å². The van der Waals surface area contributed by atoms with Crippen molar-refractivity contribution in [1.29, 1.82) is 0 Å². The van der Waals surface area contributed by atoms with Gasteiger partial charge in [-0.2, -0.15) is 0 Å². The van der Waals surface area contributed by atoms with Crippen LogP contribution in [-0.4, -0.2) is 0 Å². The van der Waals surface area contributed by atoms with Crippen molar-refractivity contribution in [3.8, 4) is 0 Å². The van der Waals surface area contributed by atoms with Crippen LogP contribution in [0, 0.1) is 13.5 Å². The molecule has 0 heterocycles. The Hall–Kier alpha value is -1.60. The van der Waals surface area contributed by atoms with Crippen molar-refractivity contribution in [1.82, 2.24) is 5.32 Å². The number of rotatable bonds is 4. The van der Waals surface area contributed by atoms with Crippen LogP contribution in [0.25, 0.3) is 0 Å². The number of benzene rings is 2. The normalized spacial score (nSPS) is 10.3. The molecular formula is C15H16N. The van der Waals surface area contributed by atoms with E-state index in [1.807, 2.05) is 24.7 Å². The first-order valence-corrected chi connectivity index (χ1v) is 5.52. The summed E-state index contributed by atoms with van der Waals surface area (Å²) in [5, 5.41) is 3.32. The molecule has 0 saturated heterocycles. The fourth-order valence-electron chi connectivity index (χ4n) is 1.66. The van der Waals surface area contributed by atoms with Gasteiger partial charge in [0, 0.05) is 6.54 Å². The molecule has 0 spiro atoms. The lowest BCUT2D eigenvalue weighted by Crippen LogP contribution is -2.10. The minimum Gasteiger partial charge on any atom is -0.304 e. The van der Waals surface area contributed by atoms with Crippen LogP contribution in [0.5, 0.6) is 0 Å². The molecule has 0 unspecified atom stereocenters. The molecule has 2 aromatic rings. The van der Waals surface area contributed by atoms with Gasteiger partial charge in [0.15, 0.2) is 0 Å². The summed E-state index contributed by atoms with van der Waals surface area (Å²) >= 11 is 0. The summed E-state index contributed by atoms with van der Waals surface area (Å²) in [5.74, 6) is 0. The SMILES string of the molecule is Cc1cccc(CN[CH]c2ccccc2)c1. The summed E-state index contributed by atoms with van der Waals surface area (Å²) in [7, 11) is 0. The standard InChI is InChI=1S/C15H16N/c1-13-6-5-9-15(10-13)12-16-11-14-7-3-2-4-8-14/h2-11,16H,12H2,1H3. The largest absolute Gasteiger partial charge is 0.304 e. The van der Waals surface area contributed by atoms with Gasteiger partial charge in [0.2, 0.25) is 0 Å². The van der Waals surface area contributed by atoms with E-state index in [0.29, 0.717) is 0 Å². The van der Waals surface area contributed by atoms with Crippen molar-refractivity contribution in [2.24, 2.45) is 0 Å². The fraction of sp³-hybridized carbons (Fsp3) is 0.133. The Bertz CT molecular complexity index is 434. The van der Waals surface area contributed by atoms with Gasteiger partial charge in [0.1, 0.15) is 0 Å². The van der Waals surface area contributed by atoms with E-state index in [4.69, 9.17) is 0 Å². The second kappa shape index (κ2) is 5.47. The molecule has 0 aliphatic rings. The molecule has 1 N–H and O–H groups in total. The van der Waals surface area contributed by atoms with Gasteiger partial charge in [-0.3, -0.25) is 0 Å². The molecule has 16 heavy (non-hydrogen) atoms. The van der Waals surface area contributed by atoms with Crippen LogP contribution in [0.15, 0.2) is 54.6 Å². The summed E-state index contributed by atoms with van der Waals surface area (Å²) in [6.45, 7) is 5.03. The highest BCUT2D eigenvalue weighted by atomic mass is 14.8. The highest BCUT2D eigenvalue weighted by Gasteiger charge is 1.94. The molecule has 1 heteroatoms. The molecule has 1 radical (unpaired) electrons. The summed E-state index contributed by atoms with van der Waals surface area (Å²) in [4.78, 5) is 0. The molecular weight excluding hydrogens is 194 g/mol. The maximum absolute atomic E-state index is 3.32. The van der Waals surface area contributed by atoms with E-state index in [0.717, 1.165) is 6.54 Å². The summed E-state index contributed by atoms with van der Waals surface area (Å²) in [5.41, 5.74) is 3.82. The van der Waals surface area contributed by atoms with Gasteiger partial charge < -0.3 is 5.32 Å². The van der Waals surface area contributed by atoms with Gasteiger partial charge in [-0.15, -0.1) is 0 Å². The number of hydrogen-bond donors (Lipinski definition) is 1. The Morgan fingerprint density at radius 3 is 2.56 bits per heavy atom. The van der Waals surface area contributed by atoms with Crippen molar-refractivity contribution in [2.45, 2.75) is 13.5 Å². The van der Waals surface area contributed by atoms with Crippen LogP contribution in [0.3, 0.4) is 0 Å². The Labute approximate surface area is 97.1 Å². The third-order valence-corrected chi connectivity index (χ3v) is 2.46. The summed E-state index contributed by atoms with van der Waals surface area (Å²) in [6.07, 6.45) is 0. The Kier molecular flexibility index (Phi) is 3.73. The van der Waals surface area contributed by atoms with Gasteiger partial charge in [0.05, 0.1) is 6.54 Å². The predicted molar refractivity (Wildman–Crippen MR) is 67.9 cm³/mol. The smallest absolute Gasteiger partial charge is 0.0521 e. The van der Waals surface area contributed by atoms with Crippen LogP contribution in [0.1, 0.15) is 16.7 Å². The van der Waals surface area contributed by atoms with Crippen LogP contribution in [0.2, 0.25) is 0 Å². The zero-order chi connectivity index (χ0) is 11.2. The third kappa shape index (κ3) is 3.21. The average Bonchev–Trinajstić information content (AvgIpc) is 2.30. The summed E-state index contributed by atoms with van der Waals surface area (Å²) < 4.78 is 0. The molecule has 0 aromatic heterocycles. The Morgan fingerprint density at radius 2 is 1.81 bits per heavy atom. The molecule has 0 fully saturated rings. The molecule has 2 aromatic carbocycles. The van der Waals surface area contributed by atoms with Crippen molar-refractivity contribution in [3.63, 3.8) is 0 Å². The zero-order valence-corrected chi connectivity index (χ0v) is 9.48. The lowest BCUT2D eigenvalue weighted by atomic mass is 10.1. The molecule has 0 amide bonds. The first kappa shape index (κ1) is 10.9. The van der Waals surface area contributed by atoms with E-state index in [2.05, 4.69) is 48.6 Å². The Morgan fingerprint density at radius 1 is 1.00 bits per heavy atom. The van der Waals surface area contributed by atoms with Crippen LogP contribution >= 0.6 is 0 Å². The quantitative estimate of drug-likeness (QED) is 0.816. The van der Waals surface area contributed by atoms with E-state index in [9.17, 15) is 0 Å². The van der Waals surface area contributed by atoms with E-state index < -0.39 is 0 Å². The van der Waals surface area contributed by atoms with Gasteiger partial charge in [-0.1, -0.05) is 60.2 Å². The van der Waals surface area contributed by atoms with Gasteiger partial charge in [-0.25, -0.2) is 0 Å². The Balaban J connectivity index is 1.85. The van der Waals surface area contributed by atoms with Crippen molar-refractivity contribution >= 4 is 0 Å². The third-order valence-electron chi connectivity index (χ3n) is 2.46. The van der Waals surface area contributed by atoms with Gasteiger partial charge in [-0.05, 0) is 18.1 Å². The molecule has 0 aliphatic heterocycles. The van der Waals surface area contributed by atoms with Crippen LogP contribution in [0.4, 0.5) is 0 Å². The van der Waals surface area contributed by atoms with E-state index >= 15 is 0 Å². The van der Waals surface area contributed by atoms with Gasteiger partial charge in [0.25, 0.3) is 0 Å². The molecule has 0 bridgehead atoms. The highest BCUT2D eigenvalue weighted by molar-refractivity contribution is 5.24. The van der Waals surface area contributed by atoms with Crippen molar-refractivity contribution in [2.75, 3.05) is 0 Å². The summed E-state index contributed by atoms with van der Waals surface area (Å²) in [6, 6.07) is 18.8. The molecule has 1 nitrogen and oxygen atoms in total. The maximum atomic E-state index is 3.32. The molecule has 0 atom stereocenters. The molecule has 81 valence electrons. The van der Waals surface area contributed by atoms with E-state index in [-0.39, 0.29) is 0 Å². The molecule has 2 rings (SSSR count). The lowest BCUT2D eigenvalue weighted by Gasteiger charge is -2.05. The number of nitrogens with one attached hydrogen (secondary N) is 1. The number of aryl methyl sites for hydroxylation is 1.